The van der Waals surface area contributed by atoms with Gasteiger partial charge in [0.15, 0.2) is 5.17 Å². The van der Waals surface area contributed by atoms with Crippen LogP contribution in [0.2, 0.25) is 5.02 Å². The van der Waals surface area contributed by atoms with Gasteiger partial charge < -0.3 is 4.74 Å². The van der Waals surface area contributed by atoms with Crippen molar-refractivity contribution >= 4 is 46.2 Å². The quantitative estimate of drug-likeness (QED) is 0.565. The first-order valence-electron chi connectivity index (χ1n) is 9.13. The predicted octanol–water partition coefficient (Wildman–Crippen LogP) is 5.98. The van der Waals surface area contributed by atoms with Crippen molar-refractivity contribution in [1.29, 1.82) is 0 Å². The fourth-order valence-corrected chi connectivity index (χ4v) is 4.11. The average molecular weight is 415 g/mol. The second-order valence-electron chi connectivity index (χ2n) is 6.62. The lowest BCUT2D eigenvalue weighted by atomic mass is 10.0. The lowest BCUT2D eigenvalue weighted by molar-refractivity contribution is -0.122. The Kier molecular flexibility index (Phi) is 6.47. The summed E-state index contributed by atoms with van der Waals surface area (Å²) in [4.78, 5) is 20.1. The fourth-order valence-electron chi connectivity index (χ4n) is 2.97. The molecule has 1 aliphatic heterocycles. The van der Waals surface area contributed by atoms with E-state index in [0.717, 1.165) is 34.5 Å². The van der Waals surface area contributed by atoms with Gasteiger partial charge >= 0.3 is 0 Å². The summed E-state index contributed by atoms with van der Waals surface area (Å²) in [6.07, 6.45) is 2.81. The minimum Gasteiger partial charge on any atom is -0.496 e. The van der Waals surface area contributed by atoms with E-state index in [1.165, 1.54) is 11.8 Å². The van der Waals surface area contributed by atoms with Crippen LogP contribution in [0.15, 0.2) is 46.3 Å². The summed E-state index contributed by atoms with van der Waals surface area (Å²) in [5.74, 6) is 0.843. The van der Waals surface area contributed by atoms with Crippen molar-refractivity contribution in [2.75, 3.05) is 13.7 Å². The molecule has 2 aromatic carbocycles. The molecular weight excluding hydrogens is 392 g/mol. The zero-order valence-corrected chi connectivity index (χ0v) is 18.0. The van der Waals surface area contributed by atoms with E-state index in [4.69, 9.17) is 16.3 Å². The molecular formula is C22H23ClN2O2S. The summed E-state index contributed by atoms with van der Waals surface area (Å²) in [6, 6.07) is 11.3. The van der Waals surface area contributed by atoms with E-state index in [2.05, 4.69) is 11.9 Å². The van der Waals surface area contributed by atoms with Crippen molar-refractivity contribution in [2.45, 2.75) is 27.2 Å². The summed E-state index contributed by atoms with van der Waals surface area (Å²) in [7, 11) is 1.67. The second-order valence-corrected chi connectivity index (χ2v) is 8.06. The number of ether oxygens (including phenoxy) is 1. The normalized spacial score (nSPS) is 17.0. The highest BCUT2D eigenvalue weighted by Crippen LogP contribution is 2.35. The van der Waals surface area contributed by atoms with Crippen LogP contribution in [0.1, 0.15) is 30.0 Å². The molecule has 0 radical (unpaired) electrons. The van der Waals surface area contributed by atoms with Crippen LogP contribution in [0.4, 0.5) is 5.69 Å². The number of aliphatic imine (C=N–C) groups is 1. The number of carbonyl (C=O) groups excluding carboxylic acids is 1. The number of amides is 1. The number of methoxy groups -OCH3 is 1. The summed E-state index contributed by atoms with van der Waals surface area (Å²) < 4.78 is 5.38. The zero-order chi connectivity index (χ0) is 20.3. The Morgan fingerprint density at radius 2 is 1.89 bits per heavy atom. The van der Waals surface area contributed by atoms with E-state index < -0.39 is 0 Å². The Morgan fingerprint density at radius 3 is 2.54 bits per heavy atom. The van der Waals surface area contributed by atoms with E-state index in [-0.39, 0.29) is 5.91 Å². The molecule has 0 aromatic heterocycles. The van der Waals surface area contributed by atoms with E-state index in [1.54, 1.807) is 24.1 Å². The third-order valence-corrected chi connectivity index (χ3v) is 5.72. The van der Waals surface area contributed by atoms with Gasteiger partial charge in [-0.15, -0.1) is 0 Å². The maximum Gasteiger partial charge on any atom is 0.266 e. The molecule has 1 heterocycles. The van der Waals surface area contributed by atoms with Crippen LogP contribution in [-0.2, 0) is 4.79 Å². The van der Waals surface area contributed by atoms with Crippen molar-refractivity contribution in [3.63, 3.8) is 0 Å². The van der Waals surface area contributed by atoms with Crippen LogP contribution < -0.4 is 4.74 Å². The third kappa shape index (κ3) is 4.42. The van der Waals surface area contributed by atoms with Crippen LogP contribution >= 0.6 is 23.4 Å². The summed E-state index contributed by atoms with van der Waals surface area (Å²) in [6.45, 7) is 6.71. The van der Waals surface area contributed by atoms with Crippen LogP contribution in [0.3, 0.4) is 0 Å². The van der Waals surface area contributed by atoms with Gasteiger partial charge in [0.2, 0.25) is 0 Å². The Labute approximate surface area is 175 Å². The first-order valence-corrected chi connectivity index (χ1v) is 10.3. The average Bonchev–Trinajstić information content (AvgIpc) is 2.95. The number of carbonyl (C=O) groups is 1. The summed E-state index contributed by atoms with van der Waals surface area (Å²) >= 11 is 7.36. The second kappa shape index (κ2) is 8.84. The van der Waals surface area contributed by atoms with Gasteiger partial charge in [-0.05, 0) is 91.2 Å². The molecule has 0 atom stereocenters. The molecule has 1 amide bonds. The summed E-state index contributed by atoms with van der Waals surface area (Å²) in [5, 5.41) is 1.36. The Balaban J connectivity index is 1.97. The standard InChI is InChI=1S/C22H23ClN2O2S/c1-5-10-25-21(26)20(13-16-11-15(3)19(27-4)12-14(16)2)28-22(25)24-18-8-6-17(23)7-9-18/h6-9,11-13H,5,10H2,1-4H3/b20-13-,24-22?. The Bertz CT molecular complexity index is 952. The minimum absolute atomic E-state index is 0.00700. The smallest absolute Gasteiger partial charge is 0.266 e. The van der Waals surface area contributed by atoms with Gasteiger partial charge in [0.05, 0.1) is 17.7 Å². The van der Waals surface area contributed by atoms with Gasteiger partial charge in [0, 0.05) is 11.6 Å². The molecule has 3 rings (SSSR count). The molecule has 28 heavy (non-hydrogen) atoms. The fraction of sp³-hybridized carbons (Fsp3) is 0.273. The van der Waals surface area contributed by atoms with E-state index in [9.17, 15) is 4.79 Å². The van der Waals surface area contributed by atoms with E-state index in [1.807, 2.05) is 44.2 Å². The van der Waals surface area contributed by atoms with Gasteiger partial charge in [-0.25, -0.2) is 4.99 Å². The van der Waals surface area contributed by atoms with Gasteiger partial charge in [0.25, 0.3) is 5.91 Å². The Morgan fingerprint density at radius 1 is 1.18 bits per heavy atom. The van der Waals surface area contributed by atoms with E-state index >= 15 is 0 Å². The van der Waals surface area contributed by atoms with Crippen molar-refractivity contribution in [2.24, 2.45) is 4.99 Å². The van der Waals surface area contributed by atoms with Crippen LogP contribution in [-0.4, -0.2) is 29.6 Å². The van der Waals surface area contributed by atoms with Gasteiger partial charge in [-0.2, -0.15) is 0 Å². The lowest BCUT2D eigenvalue weighted by Crippen LogP contribution is -2.29. The molecule has 0 N–H and O–H groups in total. The largest absolute Gasteiger partial charge is 0.496 e. The molecule has 1 aliphatic rings. The molecule has 1 saturated heterocycles. The lowest BCUT2D eigenvalue weighted by Gasteiger charge is -2.14. The number of aryl methyl sites for hydroxylation is 2. The molecule has 0 bridgehead atoms. The molecule has 4 nitrogen and oxygen atoms in total. The van der Waals surface area contributed by atoms with Crippen LogP contribution in [0.5, 0.6) is 5.75 Å². The number of nitrogens with zero attached hydrogens (tertiary/aromatic N) is 2. The number of hydrogen-bond donors (Lipinski definition) is 0. The van der Waals surface area contributed by atoms with Crippen molar-refractivity contribution in [3.8, 4) is 5.75 Å². The molecule has 0 spiro atoms. The first-order chi connectivity index (χ1) is 13.4. The van der Waals surface area contributed by atoms with Gasteiger partial charge in [0.1, 0.15) is 5.75 Å². The topological polar surface area (TPSA) is 41.9 Å². The molecule has 0 aliphatic carbocycles. The van der Waals surface area contributed by atoms with Crippen LogP contribution in [0, 0.1) is 13.8 Å². The molecule has 0 saturated carbocycles. The van der Waals surface area contributed by atoms with Gasteiger partial charge in [-0.3, -0.25) is 9.69 Å². The molecule has 0 unspecified atom stereocenters. The Hall–Kier alpha value is -2.24. The first kappa shape index (κ1) is 20.5. The summed E-state index contributed by atoms with van der Waals surface area (Å²) in [5.41, 5.74) is 3.89. The predicted molar refractivity (Wildman–Crippen MR) is 119 cm³/mol. The van der Waals surface area contributed by atoms with Crippen molar-refractivity contribution in [3.05, 3.63) is 63.0 Å². The molecule has 2 aromatic rings. The highest BCUT2D eigenvalue weighted by Gasteiger charge is 2.32. The third-order valence-electron chi connectivity index (χ3n) is 4.46. The molecule has 6 heteroatoms. The highest BCUT2D eigenvalue weighted by molar-refractivity contribution is 8.18. The van der Waals surface area contributed by atoms with Gasteiger partial charge in [-0.1, -0.05) is 18.5 Å². The van der Waals surface area contributed by atoms with Crippen molar-refractivity contribution < 1.29 is 9.53 Å². The monoisotopic (exact) mass is 414 g/mol. The van der Waals surface area contributed by atoms with Crippen LogP contribution in [0.25, 0.3) is 6.08 Å². The van der Waals surface area contributed by atoms with E-state index in [0.29, 0.717) is 21.6 Å². The number of rotatable bonds is 5. The number of benzene rings is 2. The molecule has 146 valence electrons. The highest BCUT2D eigenvalue weighted by atomic mass is 35.5. The van der Waals surface area contributed by atoms with Crippen molar-refractivity contribution in [1.82, 2.24) is 4.90 Å². The SMILES string of the molecule is CCCN1C(=O)/C(=C/c2cc(C)c(OC)cc2C)SC1=Nc1ccc(Cl)cc1. The molecule has 1 fully saturated rings. The number of hydrogen-bond acceptors (Lipinski definition) is 4. The maximum atomic E-state index is 13.0. The number of halogens is 1. The zero-order valence-electron chi connectivity index (χ0n) is 16.5. The number of amidine groups is 1. The minimum atomic E-state index is -0.00700. The number of thioether (sulfide) groups is 1. The maximum absolute atomic E-state index is 13.0.